The molecular formula is C10H12O3. The van der Waals surface area contributed by atoms with Crippen LogP contribution in [0, 0.1) is 11.8 Å². The van der Waals surface area contributed by atoms with Crippen LogP contribution in [0.2, 0.25) is 0 Å². The van der Waals surface area contributed by atoms with Crippen molar-refractivity contribution >= 4 is 11.9 Å². The Balaban J connectivity index is 2.31. The highest BCUT2D eigenvalue weighted by Crippen LogP contribution is 2.39. The molecule has 2 atom stereocenters. The van der Waals surface area contributed by atoms with E-state index in [4.69, 9.17) is 0 Å². The fourth-order valence-corrected chi connectivity index (χ4v) is 2.04. The minimum Gasteiger partial charge on any atom is -0.393 e. The van der Waals surface area contributed by atoms with Gasteiger partial charge in [0.1, 0.15) is 0 Å². The standard InChI is InChI=1S/C10H12O3/c1-5-3-7-8(4-6(5)2)10(12)13-9(7)11/h7-8H,3-4H2,1-2H3/t7-,8+. The van der Waals surface area contributed by atoms with E-state index in [1.54, 1.807) is 0 Å². The van der Waals surface area contributed by atoms with Crippen molar-refractivity contribution in [2.24, 2.45) is 11.8 Å². The van der Waals surface area contributed by atoms with E-state index in [2.05, 4.69) is 4.74 Å². The van der Waals surface area contributed by atoms with E-state index in [1.807, 2.05) is 13.8 Å². The number of carbonyl (C=O) groups excluding carboxylic acids is 2. The molecule has 13 heavy (non-hydrogen) atoms. The maximum atomic E-state index is 11.2. The van der Waals surface area contributed by atoms with Gasteiger partial charge in [-0.25, -0.2) is 0 Å². The maximum Gasteiger partial charge on any atom is 0.317 e. The van der Waals surface area contributed by atoms with E-state index in [-0.39, 0.29) is 23.8 Å². The van der Waals surface area contributed by atoms with Crippen molar-refractivity contribution in [3.05, 3.63) is 11.1 Å². The second kappa shape index (κ2) is 2.69. The predicted octanol–water partition coefficient (Wildman–Crippen LogP) is 1.43. The third-order valence-electron chi connectivity index (χ3n) is 3.07. The monoisotopic (exact) mass is 180 g/mol. The molecule has 1 saturated heterocycles. The Morgan fingerprint density at radius 3 is 1.77 bits per heavy atom. The first-order chi connectivity index (χ1) is 6.09. The molecule has 0 aromatic rings. The van der Waals surface area contributed by atoms with Crippen molar-refractivity contribution in [1.82, 2.24) is 0 Å². The van der Waals surface area contributed by atoms with Gasteiger partial charge >= 0.3 is 11.9 Å². The minimum absolute atomic E-state index is 0.198. The van der Waals surface area contributed by atoms with Crippen LogP contribution in [-0.4, -0.2) is 11.9 Å². The number of cyclic esters (lactones) is 2. The van der Waals surface area contributed by atoms with E-state index in [1.165, 1.54) is 11.1 Å². The second-order valence-corrected chi connectivity index (χ2v) is 3.92. The molecule has 0 amide bonds. The van der Waals surface area contributed by atoms with Crippen LogP contribution < -0.4 is 0 Å². The number of rotatable bonds is 0. The Labute approximate surface area is 76.8 Å². The number of fused-ring (bicyclic) bond motifs is 1. The summed E-state index contributed by atoms with van der Waals surface area (Å²) >= 11 is 0. The van der Waals surface area contributed by atoms with Gasteiger partial charge in [-0.15, -0.1) is 0 Å². The van der Waals surface area contributed by atoms with E-state index >= 15 is 0 Å². The van der Waals surface area contributed by atoms with Crippen LogP contribution in [0.5, 0.6) is 0 Å². The smallest absolute Gasteiger partial charge is 0.317 e. The predicted molar refractivity (Wildman–Crippen MR) is 45.7 cm³/mol. The zero-order valence-electron chi connectivity index (χ0n) is 7.79. The summed E-state index contributed by atoms with van der Waals surface area (Å²) in [6, 6.07) is 0. The number of hydrogen-bond acceptors (Lipinski definition) is 3. The number of esters is 2. The molecule has 3 nitrogen and oxygen atoms in total. The van der Waals surface area contributed by atoms with Crippen molar-refractivity contribution in [2.75, 3.05) is 0 Å². The molecule has 0 saturated carbocycles. The van der Waals surface area contributed by atoms with Crippen molar-refractivity contribution < 1.29 is 14.3 Å². The number of carbonyl (C=O) groups is 2. The third kappa shape index (κ3) is 1.19. The van der Waals surface area contributed by atoms with Crippen LogP contribution in [0.3, 0.4) is 0 Å². The molecule has 2 rings (SSSR count). The van der Waals surface area contributed by atoms with Gasteiger partial charge in [-0.3, -0.25) is 9.59 Å². The highest BCUT2D eigenvalue weighted by Gasteiger charge is 2.45. The van der Waals surface area contributed by atoms with Gasteiger partial charge in [-0.1, -0.05) is 11.1 Å². The molecule has 1 aliphatic heterocycles. The molecule has 0 spiro atoms. The molecular weight excluding hydrogens is 168 g/mol. The lowest BCUT2D eigenvalue weighted by Gasteiger charge is -2.21. The Morgan fingerprint density at radius 1 is 1.00 bits per heavy atom. The summed E-state index contributed by atoms with van der Waals surface area (Å²) < 4.78 is 4.60. The van der Waals surface area contributed by atoms with E-state index in [0.29, 0.717) is 12.8 Å². The van der Waals surface area contributed by atoms with Crippen molar-refractivity contribution in [2.45, 2.75) is 26.7 Å². The van der Waals surface area contributed by atoms with Crippen molar-refractivity contribution in [3.63, 3.8) is 0 Å². The first-order valence-corrected chi connectivity index (χ1v) is 4.50. The first-order valence-electron chi connectivity index (χ1n) is 4.50. The SMILES string of the molecule is CC1=C(C)C[C@H]2C(=O)OC(=O)[C@H]2C1. The summed E-state index contributed by atoms with van der Waals surface area (Å²) in [6.07, 6.45) is 1.39. The van der Waals surface area contributed by atoms with Gasteiger partial charge in [0.25, 0.3) is 0 Å². The summed E-state index contributed by atoms with van der Waals surface area (Å²) in [5.41, 5.74) is 2.46. The summed E-state index contributed by atoms with van der Waals surface area (Å²) in [5, 5.41) is 0. The van der Waals surface area contributed by atoms with Crippen LogP contribution in [-0.2, 0) is 14.3 Å². The molecule has 1 heterocycles. The Morgan fingerprint density at radius 2 is 1.38 bits per heavy atom. The molecule has 0 radical (unpaired) electrons. The minimum atomic E-state index is -0.332. The summed E-state index contributed by atoms with van der Waals surface area (Å²) in [5.74, 6) is -1.06. The molecule has 1 fully saturated rings. The van der Waals surface area contributed by atoms with Gasteiger partial charge < -0.3 is 4.74 Å². The van der Waals surface area contributed by atoms with Gasteiger partial charge in [0.2, 0.25) is 0 Å². The van der Waals surface area contributed by atoms with Crippen LogP contribution in [0.4, 0.5) is 0 Å². The average Bonchev–Trinajstić information content (AvgIpc) is 2.31. The van der Waals surface area contributed by atoms with E-state index < -0.39 is 0 Å². The third-order valence-corrected chi connectivity index (χ3v) is 3.07. The Bertz CT molecular complexity index is 284. The number of hydrogen-bond donors (Lipinski definition) is 0. The molecule has 0 N–H and O–H groups in total. The topological polar surface area (TPSA) is 43.4 Å². The molecule has 2 aliphatic rings. The molecule has 0 aromatic heterocycles. The number of allylic oxidation sites excluding steroid dienone is 2. The normalized spacial score (nSPS) is 33.4. The lowest BCUT2D eigenvalue weighted by Crippen LogP contribution is -2.22. The Hall–Kier alpha value is -1.12. The highest BCUT2D eigenvalue weighted by atomic mass is 16.6. The molecule has 70 valence electrons. The van der Waals surface area contributed by atoms with Crippen LogP contribution in [0.25, 0.3) is 0 Å². The molecule has 1 aliphatic carbocycles. The van der Waals surface area contributed by atoms with Gasteiger partial charge in [-0.2, -0.15) is 0 Å². The zero-order valence-corrected chi connectivity index (χ0v) is 7.79. The maximum absolute atomic E-state index is 11.2. The van der Waals surface area contributed by atoms with Gasteiger partial charge in [0, 0.05) is 0 Å². The summed E-state index contributed by atoms with van der Waals surface area (Å²) in [7, 11) is 0. The Kier molecular flexibility index (Phi) is 1.75. The van der Waals surface area contributed by atoms with Gasteiger partial charge in [-0.05, 0) is 26.7 Å². The average molecular weight is 180 g/mol. The van der Waals surface area contributed by atoms with Crippen molar-refractivity contribution in [1.29, 1.82) is 0 Å². The molecule has 0 unspecified atom stereocenters. The van der Waals surface area contributed by atoms with Crippen molar-refractivity contribution in [3.8, 4) is 0 Å². The molecule has 0 bridgehead atoms. The first kappa shape index (κ1) is 8.48. The largest absolute Gasteiger partial charge is 0.393 e. The quantitative estimate of drug-likeness (QED) is 0.322. The lowest BCUT2D eigenvalue weighted by atomic mass is 9.78. The van der Waals surface area contributed by atoms with Gasteiger partial charge in [0.05, 0.1) is 11.8 Å². The van der Waals surface area contributed by atoms with Crippen LogP contribution in [0.1, 0.15) is 26.7 Å². The second-order valence-electron chi connectivity index (χ2n) is 3.92. The molecule has 0 aromatic carbocycles. The van der Waals surface area contributed by atoms with E-state index in [9.17, 15) is 9.59 Å². The lowest BCUT2D eigenvalue weighted by molar-refractivity contribution is -0.153. The van der Waals surface area contributed by atoms with Gasteiger partial charge in [0.15, 0.2) is 0 Å². The fraction of sp³-hybridized carbons (Fsp3) is 0.600. The zero-order chi connectivity index (χ0) is 9.59. The molecule has 3 heteroatoms. The van der Waals surface area contributed by atoms with Crippen LogP contribution >= 0.6 is 0 Å². The fourth-order valence-electron chi connectivity index (χ4n) is 2.04. The summed E-state index contributed by atoms with van der Waals surface area (Å²) in [4.78, 5) is 22.4. The number of ether oxygens (including phenoxy) is 1. The van der Waals surface area contributed by atoms with Crippen LogP contribution in [0.15, 0.2) is 11.1 Å². The highest BCUT2D eigenvalue weighted by molar-refractivity contribution is 5.97. The van der Waals surface area contributed by atoms with E-state index in [0.717, 1.165) is 0 Å². The summed E-state index contributed by atoms with van der Waals surface area (Å²) in [6.45, 7) is 4.03.